The maximum Gasteiger partial charge on any atom is 0.0973 e. The molecule has 0 fully saturated rings. The van der Waals surface area contributed by atoms with Gasteiger partial charge in [-0.1, -0.05) is 18.2 Å². The zero-order chi connectivity index (χ0) is 19.4. The molecule has 142 valence electrons. The van der Waals surface area contributed by atoms with Crippen molar-refractivity contribution in [3.05, 3.63) is 68.8 Å². The summed E-state index contributed by atoms with van der Waals surface area (Å²) in [7, 11) is 2.04. The molecule has 0 aliphatic carbocycles. The Labute approximate surface area is 166 Å². The molecule has 1 aliphatic heterocycles. The molecule has 1 unspecified atom stereocenters. The summed E-state index contributed by atoms with van der Waals surface area (Å²) >= 11 is 1.73. The van der Waals surface area contributed by atoms with Gasteiger partial charge in [-0.3, -0.25) is 0 Å². The first-order valence-electron chi connectivity index (χ1n) is 9.36. The lowest BCUT2D eigenvalue weighted by Crippen LogP contribution is -2.16. The predicted octanol–water partition coefficient (Wildman–Crippen LogP) is 5.07. The fourth-order valence-electron chi connectivity index (χ4n) is 2.90. The Hall–Kier alpha value is -2.40. The summed E-state index contributed by atoms with van der Waals surface area (Å²) in [4.78, 5) is 11.6. The monoisotopic (exact) mass is 380 g/mol. The molecule has 2 aromatic rings. The number of nitrogens with zero attached hydrogens (tertiary/aromatic N) is 3. The largest absolute Gasteiger partial charge is 0.379 e. The lowest BCUT2D eigenvalue weighted by atomic mass is 10.0. The van der Waals surface area contributed by atoms with E-state index >= 15 is 0 Å². The molecular formula is C22H28N4S. The molecule has 0 saturated carbocycles. The van der Waals surface area contributed by atoms with E-state index in [1.807, 2.05) is 19.6 Å². The number of dihydropyridines is 1. The molecule has 27 heavy (non-hydrogen) atoms. The summed E-state index contributed by atoms with van der Waals surface area (Å²) < 4.78 is 0. The van der Waals surface area contributed by atoms with Crippen LogP contribution in [0.5, 0.6) is 0 Å². The Morgan fingerprint density at radius 2 is 2.07 bits per heavy atom. The van der Waals surface area contributed by atoms with Crippen LogP contribution in [-0.4, -0.2) is 29.8 Å². The fraction of sp³-hybridized carbons (Fsp3) is 0.364. The summed E-state index contributed by atoms with van der Waals surface area (Å²) in [6, 6.07) is 4.60. The van der Waals surface area contributed by atoms with E-state index in [-0.39, 0.29) is 6.04 Å². The Morgan fingerprint density at radius 3 is 2.78 bits per heavy atom. The van der Waals surface area contributed by atoms with Crippen LogP contribution >= 0.6 is 11.3 Å². The Kier molecular flexibility index (Phi) is 6.11. The van der Waals surface area contributed by atoms with Crippen LogP contribution in [0.3, 0.4) is 0 Å². The lowest BCUT2D eigenvalue weighted by Gasteiger charge is -2.15. The number of thiazole rings is 1. The Balaban J connectivity index is 1.74. The number of aliphatic imine (C=N–C) groups is 1. The van der Waals surface area contributed by atoms with Gasteiger partial charge in [0.2, 0.25) is 0 Å². The molecule has 4 nitrogen and oxygen atoms in total. The van der Waals surface area contributed by atoms with Crippen molar-refractivity contribution < 1.29 is 0 Å². The van der Waals surface area contributed by atoms with E-state index in [1.54, 1.807) is 11.3 Å². The number of hydrogen-bond acceptors (Lipinski definition) is 4. The van der Waals surface area contributed by atoms with E-state index in [0.29, 0.717) is 0 Å². The highest BCUT2D eigenvalue weighted by molar-refractivity contribution is 7.09. The number of aromatic nitrogens is 1. The molecule has 1 aliphatic rings. The van der Waals surface area contributed by atoms with Crippen molar-refractivity contribution in [3.63, 3.8) is 0 Å². The van der Waals surface area contributed by atoms with Gasteiger partial charge in [0.05, 0.1) is 28.8 Å². The van der Waals surface area contributed by atoms with E-state index < -0.39 is 0 Å². The molecule has 1 N–H and O–H groups in total. The maximum absolute atomic E-state index is 4.86. The second-order valence-electron chi connectivity index (χ2n) is 7.12. The number of allylic oxidation sites excluding steroid dienone is 2. The summed E-state index contributed by atoms with van der Waals surface area (Å²) in [6.45, 7) is 9.44. The van der Waals surface area contributed by atoms with Crippen LogP contribution in [0.25, 0.3) is 0 Å². The van der Waals surface area contributed by atoms with Crippen molar-refractivity contribution in [1.29, 1.82) is 0 Å². The number of hydrogen-bond donors (Lipinski definition) is 1. The SMILES string of the molecule is CCN(C)C=Nc1cc(C)c(Cc2nc(C3C=CC(C)=CN3)cs2)cc1C. The topological polar surface area (TPSA) is 40.5 Å². The highest BCUT2D eigenvalue weighted by Crippen LogP contribution is 2.27. The second kappa shape index (κ2) is 8.53. The smallest absolute Gasteiger partial charge is 0.0973 e. The highest BCUT2D eigenvalue weighted by Gasteiger charge is 2.14. The minimum absolute atomic E-state index is 0.175. The first-order valence-corrected chi connectivity index (χ1v) is 10.2. The highest BCUT2D eigenvalue weighted by atomic mass is 32.1. The Bertz CT molecular complexity index is 892. The van der Waals surface area contributed by atoms with Crippen LogP contribution in [0.4, 0.5) is 5.69 Å². The first kappa shape index (κ1) is 19.4. The van der Waals surface area contributed by atoms with Gasteiger partial charge in [0, 0.05) is 31.6 Å². The normalized spacial score (nSPS) is 16.5. The van der Waals surface area contributed by atoms with Crippen molar-refractivity contribution in [2.24, 2.45) is 4.99 Å². The van der Waals surface area contributed by atoms with Crippen LogP contribution in [0.2, 0.25) is 0 Å². The van der Waals surface area contributed by atoms with Crippen molar-refractivity contribution in [3.8, 4) is 0 Å². The minimum atomic E-state index is 0.175. The molecule has 2 heterocycles. The lowest BCUT2D eigenvalue weighted by molar-refractivity contribution is 0.552. The molecule has 1 aromatic heterocycles. The number of rotatable bonds is 6. The zero-order valence-electron chi connectivity index (χ0n) is 16.8. The summed E-state index contributed by atoms with van der Waals surface area (Å²) in [5, 5.41) is 6.70. The van der Waals surface area contributed by atoms with E-state index in [1.165, 1.54) is 22.3 Å². The van der Waals surface area contributed by atoms with Gasteiger partial charge in [0.15, 0.2) is 0 Å². The standard InChI is InChI=1S/C22H28N4S/c1-6-26(5)14-24-20-10-16(3)18(9-17(20)4)11-22-25-21(13-27-22)19-8-7-15(2)12-23-19/h7-10,12-14,19,23H,6,11H2,1-5H3. The van der Waals surface area contributed by atoms with Crippen molar-refractivity contribution in [2.45, 2.75) is 40.2 Å². The van der Waals surface area contributed by atoms with Gasteiger partial charge in [0.1, 0.15) is 0 Å². The van der Waals surface area contributed by atoms with Crippen molar-refractivity contribution in [2.75, 3.05) is 13.6 Å². The molecule has 0 bridgehead atoms. The van der Waals surface area contributed by atoms with Gasteiger partial charge in [0.25, 0.3) is 0 Å². The second-order valence-corrected chi connectivity index (χ2v) is 8.06. The van der Waals surface area contributed by atoms with E-state index in [4.69, 9.17) is 4.98 Å². The fourth-order valence-corrected chi connectivity index (χ4v) is 3.75. The molecule has 1 aromatic carbocycles. The van der Waals surface area contributed by atoms with Crippen LogP contribution < -0.4 is 5.32 Å². The average Bonchev–Trinajstić information content (AvgIpc) is 3.12. The third-order valence-electron chi connectivity index (χ3n) is 4.82. The van der Waals surface area contributed by atoms with Gasteiger partial charge in [-0.15, -0.1) is 11.3 Å². The van der Waals surface area contributed by atoms with Crippen LogP contribution in [-0.2, 0) is 6.42 Å². The number of aryl methyl sites for hydroxylation is 2. The molecule has 3 rings (SSSR count). The van der Waals surface area contributed by atoms with Crippen LogP contribution in [0.1, 0.15) is 47.3 Å². The van der Waals surface area contributed by atoms with Gasteiger partial charge in [-0.05, 0) is 56.0 Å². The molecule has 1 atom stereocenters. The van der Waals surface area contributed by atoms with E-state index in [0.717, 1.165) is 29.4 Å². The third-order valence-corrected chi connectivity index (χ3v) is 5.69. The molecular weight excluding hydrogens is 352 g/mol. The van der Waals surface area contributed by atoms with E-state index in [9.17, 15) is 0 Å². The first-order chi connectivity index (χ1) is 13.0. The Morgan fingerprint density at radius 1 is 1.26 bits per heavy atom. The molecule has 0 saturated heterocycles. The van der Waals surface area contributed by atoms with Gasteiger partial charge in [-0.2, -0.15) is 0 Å². The van der Waals surface area contributed by atoms with Gasteiger partial charge < -0.3 is 10.2 Å². The van der Waals surface area contributed by atoms with Crippen LogP contribution in [0, 0.1) is 13.8 Å². The number of benzene rings is 1. The maximum atomic E-state index is 4.86. The van der Waals surface area contributed by atoms with E-state index in [2.05, 4.69) is 72.6 Å². The predicted molar refractivity (Wildman–Crippen MR) is 116 cm³/mol. The van der Waals surface area contributed by atoms with Crippen LogP contribution in [0.15, 0.2) is 46.4 Å². The quantitative estimate of drug-likeness (QED) is 0.562. The molecule has 0 spiro atoms. The van der Waals surface area contributed by atoms with Gasteiger partial charge in [-0.25, -0.2) is 9.98 Å². The summed E-state index contributed by atoms with van der Waals surface area (Å²) in [5.74, 6) is 0. The average molecular weight is 381 g/mol. The van der Waals surface area contributed by atoms with Gasteiger partial charge >= 0.3 is 0 Å². The summed E-state index contributed by atoms with van der Waals surface area (Å²) in [5.41, 5.74) is 7.14. The molecule has 0 radical (unpaired) electrons. The zero-order valence-corrected chi connectivity index (χ0v) is 17.6. The summed E-state index contributed by atoms with van der Waals surface area (Å²) in [6.07, 6.45) is 9.12. The third kappa shape index (κ3) is 4.86. The minimum Gasteiger partial charge on any atom is -0.379 e. The molecule has 5 heteroatoms. The molecule has 0 amide bonds. The van der Waals surface area contributed by atoms with Crippen molar-refractivity contribution in [1.82, 2.24) is 15.2 Å². The number of nitrogens with one attached hydrogen (secondary N) is 1. The van der Waals surface area contributed by atoms with Crippen molar-refractivity contribution >= 4 is 23.4 Å².